The van der Waals surface area contributed by atoms with Crippen LogP contribution < -0.4 is 47.8 Å². The van der Waals surface area contributed by atoms with Crippen molar-refractivity contribution in [3.63, 3.8) is 0 Å². The molecule has 1 nitrogen and oxygen atoms in total. The lowest BCUT2D eigenvalue weighted by Crippen LogP contribution is -3.61. The van der Waals surface area contributed by atoms with E-state index in [4.69, 9.17) is 97.5 Å². The first-order valence-corrected chi connectivity index (χ1v) is 20.8. The van der Waals surface area contributed by atoms with Crippen molar-refractivity contribution in [3.05, 3.63) is 172 Å². The second-order valence-corrected chi connectivity index (χ2v) is 17.8. The third-order valence-corrected chi connectivity index (χ3v) is 14.9. The minimum Gasteiger partial charge on any atom is -0.492 e. The highest BCUT2D eigenvalue weighted by Gasteiger charge is 2.50. The van der Waals surface area contributed by atoms with Crippen molar-refractivity contribution in [2.24, 2.45) is 0 Å². The number of hydrogen-bond acceptors (Lipinski definition) is 1. The fourth-order valence-electron chi connectivity index (χ4n) is 6.16. The van der Waals surface area contributed by atoms with Gasteiger partial charge in [0, 0.05) is 20.1 Å². The van der Waals surface area contributed by atoms with Crippen LogP contribution in [-0.4, -0.2) is 13.3 Å². The molecule has 6 aromatic carbocycles. The van der Waals surface area contributed by atoms with Crippen LogP contribution in [0.5, 0.6) is 5.75 Å². The van der Waals surface area contributed by atoms with Gasteiger partial charge in [0.05, 0.1) is 27.2 Å². The topological polar surface area (TPSA) is 9.23 Å². The van der Waals surface area contributed by atoms with Crippen LogP contribution in [0.1, 0.15) is 0 Å². The Morgan fingerprint density at radius 2 is 0.650 bits per heavy atom. The van der Waals surface area contributed by atoms with Gasteiger partial charge in [-0.25, -0.2) is 52.7 Å². The molecule has 0 aliphatic rings. The lowest BCUT2D eigenvalue weighted by Gasteiger charge is -2.46. The standard InChI is InChI=1S/C24BCl8F12.C13H12IO/c26-5-1(13(34)21(42)17(38)9(5)30)25(2-6(27)10(31)18(39)22(43)14(2)35,3-7(28)11(32)19(40)23(44)15(3)36)4-8(29)12(33)20(41)24(45)16(4)37;1-15-13-10-6-5-9-12(13)14-11-7-3-2-4-8-11/h;2-10H,1H3/q-1;+1. The van der Waals surface area contributed by atoms with E-state index >= 15 is 35.1 Å². The third-order valence-electron chi connectivity index (χ3n) is 8.71. The first kappa shape index (κ1) is 48.4. The molecule has 60 heavy (non-hydrogen) atoms. The van der Waals surface area contributed by atoms with E-state index in [1.807, 2.05) is 12.1 Å². The Balaban J connectivity index is 0.000000379. The average Bonchev–Trinajstić information content (AvgIpc) is 3.24. The van der Waals surface area contributed by atoms with E-state index in [9.17, 15) is 17.6 Å². The Bertz CT molecular complexity index is 2310. The molecule has 6 rings (SSSR count). The fourth-order valence-corrected chi connectivity index (χ4v) is 10.7. The monoisotopic (exact) mass is 1120 g/mol. The number of para-hydroxylation sites is 1. The summed E-state index contributed by atoms with van der Waals surface area (Å²) in [7, 11) is 1.73. The summed E-state index contributed by atoms with van der Waals surface area (Å²) >= 11 is 46.5. The number of ether oxygens (including phenoxy) is 1. The van der Waals surface area contributed by atoms with Gasteiger partial charge in [-0.2, -0.15) is 0 Å². The number of hydrogen-bond donors (Lipinski definition) is 0. The normalized spacial score (nSPS) is 11.5. The molecule has 0 unspecified atom stereocenters. The van der Waals surface area contributed by atoms with E-state index < -0.39 is 138 Å². The van der Waals surface area contributed by atoms with E-state index in [0.29, 0.717) is 0 Å². The van der Waals surface area contributed by atoms with Gasteiger partial charge in [0.15, 0.2) is 55.9 Å². The highest BCUT2D eigenvalue weighted by Crippen LogP contribution is 2.40. The number of rotatable bonds is 7. The highest BCUT2D eigenvalue weighted by atomic mass is 127. The van der Waals surface area contributed by atoms with E-state index in [1.54, 1.807) is 7.11 Å². The Morgan fingerprint density at radius 1 is 0.367 bits per heavy atom. The summed E-state index contributed by atoms with van der Waals surface area (Å²) in [4.78, 5) is 0. The lowest BCUT2D eigenvalue weighted by atomic mass is 9.12. The summed E-state index contributed by atoms with van der Waals surface area (Å²) in [5, 5.41) is -13.9. The van der Waals surface area contributed by atoms with Gasteiger partial charge in [0.1, 0.15) is 29.4 Å². The van der Waals surface area contributed by atoms with Crippen LogP contribution in [0.25, 0.3) is 0 Å². The maximum absolute atomic E-state index is 16.0. The smallest absolute Gasteiger partial charge is 0.362 e. The molecule has 0 spiro atoms. The Hall–Kier alpha value is -2.61. The van der Waals surface area contributed by atoms with Crippen molar-refractivity contribution in [2.45, 2.75) is 0 Å². The number of halogens is 21. The molecule has 0 aliphatic heterocycles. The Morgan fingerprint density at radius 3 is 0.950 bits per heavy atom. The van der Waals surface area contributed by atoms with Gasteiger partial charge >= 0.3 is 21.2 Å². The Labute approximate surface area is 381 Å². The SMILES string of the molecule is COc1ccccc1[I+]c1ccccc1.Fc1c(F)c(Cl)c(Cl)c([B-](c2c(F)c(F)c(F)c(Cl)c2Cl)(c2c(F)c(F)c(F)c(Cl)c2Cl)c2c(F)c(F)c(F)c(Cl)c2Cl)c1F. The number of methoxy groups -OCH3 is 1. The molecule has 6 aromatic rings. The molecule has 0 radical (unpaired) electrons. The molecule has 0 bridgehead atoms. The van der Waals surface area contributed by atoms with Crippen LogP contribution in [0.15, 0.2) is 54.6 Å². The molecule has 0 amide bonds. The summed E-state index contributed by atoms with van der Waals surface area (Å²) < 4.78 is 191. The molecule has 0 aromatic heterocycles. The summed E-state index contributed by atoms with van der Waals surface area (Å²) in [5.74, 6) is -30.3. The van der Waals surface area contributed by atoms with Crippen molar-refractivity contribution in [2.75, 3.05) is 7.11 Å². The number of benzene rings is 6. The van der Waals surface area contributed by atoms with E-state index in [-0.39, 0.29) is 21.2 Å². The Kier molecular flexibility index (Phi) is 15.3. The largest absolute Gasteiger partial charge is 0.492 e. The molecule has 0 saturated heterocycles. The molecule has 0 fully saturated rings. The lowest BCUT2D eigenvalue weighted by molar-refractivity contribution is -0.598. The molecule has 0 heterocycles. The van der Waals surface area contributed by atoms with Gasteiger partial charge in [0.2, 0.25) is 3.57 Å². The average molecular weight is 1120 g/mol. The van der Waals surface area contributed by atoms with E-state index in [1.165, 1.54) is 7.14 Å². The second-order valence-electron chi connectivity index (χ2n) is 11.8. The van der Waals surface area contributed by atoms with E-state index in [2.05, 4.69) is 42.5 Å². The summed E-state index contributed by atoms with van der Waals surface area (Å²) in [5.41, 5.74) is -8.47. The van der Waals surface area contributed by atoms with Crippen LogP contribution in [-0.2, 0) is 0 Å². The zero-order valence-electron chi connectivity index (χ0n) is 28.6. The maximum Gasteiger partial charge on any atom is 0.362 e. The predicted octanol–water partition coefficient (Wildman–Crippen LogP) is 9.78. The van der Waals surface area contributed by atoms with Crippen LogP contribution in [0.4, 0.5) is 52.7 Å². The van der Waals surface area contributed by atoms with Gasteiger partial charge < -0.3 is 4.74 Å². The van der Waals surface area contributed by atoms with Crippen molar-refractivity contribution in [1.82, 2.24) is 0 Å². The van der Waals surface area contributed by atoms with Gasteiger partial charge in [-0.1, -0.05) is 123 Å². The quantitative estimate of drug-likeness (QED) is 0.0509. The summed E-state index contributed by atoms with van der Waals surface area (Å²) in [6.07, 6.45) is -5.62. The third kappa shape index (κ3) is 8.08. The van der Waals surface area contributed by atoms with Crippen molar-refractivity contribution >= 4 is 121 Å². The summed E-state index contributed by atoms with van der Waals surface area (Å²) in [6.45, 7) is 0. The van der Waals surface area contributed by atoms with Crippen LogP contribution in [0.2, 0.25) is 40.2 Å². The molecular formula is C37H12BCl8F12IO. The first-order chi connectivity index (χ1) is 28.1. The van der Waals surface area contributed by atoms with Crippen LogP contribution >= 0.6 is 92.8 Å². The molecule has 0 saturated carbocycles. The second kappa shape index (κ2) is 19.0. The molecular weight excluding hydrogens is 1110 g/mol. The van der Waals surface area contributed by atoms with Crippen LogP contribution in [0, 0.1) is 76.9 Å². The molecule has 0 atom stereocenters. The van der Waals surface area contributed by atoms with Gasteiger partial charge in [-0.3, -0.25) is 0 Å². The fraction of sp³-hybridized carbons (Fsp3) is 0.0270. The van der Waals surface area contributed by atoms with Crippen LogP contribution in [0.3, 0.4) is 0 Å². The molecule has 0 N–H and O–H groups in total. The zero-order valence-corrected chi connectivity index (χ0v) is 36.8. The summed E-state index contributed by atoms with van der Waals surface area (Å²) in [6, 6.07) is 18.8. The van der Waals surface area contributed by atoms with Crippen molar-refractivity contribution in [1.29, 1.82) is 0 Å². The van der Waals surface area contributed by atoms with Gasteiger partial charge in [0.25, 0.3) is 0 Å². The highest BCUT2D eigenvalue weighted by molar-refractivity contribution is 7.22. The maximum atomic E-state index is 16.0. The van der Waals surface area contributed by atoms with Gasteiger partial charge in [-0.05, 0) is 24.3 Å². The molecule has 23 heteroatoms. The predicted molar refractivity (Wildman–Crippen MR) is 206 cm³/mol. The first-order valence-electron chi connectivity index (χ1n) is 15.7. The molecule has 0 aliphatic carbocycles. The van der Waals surface area contributed by atoms with E-state index in [0.717, 1.165) is 5.75 Å². The van der Waals surface area contributed by atoms with Crippen molar-refractivity contribution in [3.8, 4) is 5.75 Å². The zero-order chi connectivity index (χ0) is 44.9. The van der Waals surface area contributed by atoms with Gasteiger partial charge in [-0.15, -0.1) is 21.9 Å². The minimum absolute atomic E-state index is 0.124. The molecule has 316 valence electrons. The van der Waals surface area contributed by atoms with Crippen molar-refractivity contribution < 1.29 is 78.6 Å². The minimum atomic E-state index is -5.62.